The number of para-hydroxylation sites is 1. The van der Waals surface area contributed by atoms with Crippen LogP contribution in [0.25, 0.3) is 6.08 Å². The van der Waals surface area contributed by atoms with Crippen LogP contribution in [-0.4, -0.2) is 36.7 Å². The molecule has 0 unspecified atom stereocenters. The monoisotopic (exact) mass is 333 g/mol. The average Bonchev–Trinajstić information content (AvgIpc) is 2.60. The fourth-order valence-electron chi connectivity index (χ4n) is 3.03. The molecular formula is C18H23NO5. The Morgan fingerprint density at radius 3 is 2.46 bits per heavy atom. The van der Waals surface area contributed by atoms with Gasteiger partial charge in [-0.3, -0.25) is 4.79 Å². The minimum absolute atomic E-state index is 0.427. The normalized spacial score (nSPS) is 16.6. The highest BCUT2D eigenvalue weighted by atomic mass is 16.5. The summed E-state index contributed by atoms with van der Waals surface area (Å²) in [5, 5.41) is 12.2. The summed E-state index contributed by atoms with van der Waals surface area (Å²) in [6.45, 7) is 0. The number of aliphatic carboxylic acids is 1. The molecular weight excluding hydrogens is 310 g/mol. The second-order valence-electron chi connectivity index (χ2n) is 5.85. The first kappa shape index (κ1) is 17.8. The van der Waals surface area contributed by atoms with Crippen molar-refractivity contribution < 1.29 is 24.2 Å². The molecule has 6 heteroatoms. The van der Waals surface area contributed by atoms with Gasteiger partial charge in [0.1, 0.15) is 5.54 Å². The molecule has 6 nitrogen and oxygen atoms in total. The Morgan fingerprint density at radius 1 is 1.17 bits per heavy atom. The van der Waals surface area contributed by atoms with E-state index >= 15 is 0 Å². The summed E-state index contributed by atoms with van der Waals surface area (Å²) in [4.78, 5) is 23.8. The lowest BCUT2D eigenvalue weighted by Crippen LogP contribution is -2.55. The number of carboxylic acids is 1. The molecule has 1 amide bonds. The van der Waals surface area contributed by atoms with Crippen LogP contribution in [0.5, 0.6) is 11.5 Å². The molecule has 0 radical (unpaired) electrons. The van der Waals surface area contributed by atoms with E-state index in [1.165, 1.54) is 20.3 Å². The first-order chi connectivity index (χ1) is 11.5. The van der Waals surface area contributed by atoms with E-state index in [-0.39, 0.29) is 0 Å². The maximum Gasteiger partial charge on any atom is 0.329 e. The van der Waals surface area contributed by atoms with E-state index in [1.54, 1.807) is 24.3 Å². The molecule has 2 rings (SSSR count). The molecule has 24 heavy (non-hydrogen) atoms. The van der Waals surface area contributed by atoms with Crippen LogP contribution in [0.2, 0.25) is 0 Å². The van der Waals surface area contributed by atoms with Gasteiger partial charge in [0, 0.05) is 11.6 Å². The molecule has 0 saturated heterocycles. The van der Waals surface area contributed by atoms with Crippen LogP contribution in [0.3, 0.4) is 0 Å². The van der Waals surface area contributed by atoms with Gasteiger partial charge in [-0.15, -0.1) is 0 Å². The van der Waals surface area contributed by atoms with E-state index in [0.29, 0.717) is 29.9 Å². The van der Waals surface area contributed by atoms with Crippen molar-refractivity contribution in [1.29, 1.82) is 0 Å². The number of carboxylic acid groups (broad SMARTS) is 1. The van der Waals surface area contributed by atoms with Crippen LogP contribution in [0.1, 0.15) is 37.7 Å². The molecule has 1 aliphatic carbocycles. The third-order valence-corrected chi connectivity index (χ3v) is 4.33. The number of methoxy groups -OCH3 is 2. The van der Waals surface area contributed by atoms with Crippen molar-refractivity contribution in [3.8, 4) is 11.5 Å². The lowest BCUT2D eigenvalue weighted by Gasteiger charge is -2.33. The summed E-state index contributed by atoms with van der Waals surface area (Å²) >= 11 is 0. The molecule has 0 atom stereocenters. The topological polar surface area (TPSA) is 84.9 Å². The van der Waals surface area contributed by atoms with Crippen molar-refractivity contribution >= 4 is 18.0 Å². The molecule has 1 aromatic carbocycles. The number of rotatable bonds is 6. The summed E-state index contributed by atoms with van der Waals surface area (Å²) in [6, 6.07) is 5.34. The van der Waals surface area contributed by atoms with Crippen LogP contribution >= 0.6 is 0 Å². The molecule has 1 fully saturated rings. The zero-order valence-electron chi connectivity index (χ0n) is 14.0. The number of benzene rings is 1. The number of amides is 1. The average molecular weight is 333 g/mol. The Morgan fingerprint density at radius 2 is 1.88 bits per heavy atom. The Balaban J connectivity index is 2.14. The second-order valence-corrected chi connectivity index (χ2v) is 5.85. The number of carbonyl (C=O) groups is 2. The van der Waals surface area contributed by atoms with Gasteiger partial charge in [-0.2, -0.15) is 0 Å². The first-order valence-electron chi connectivity index (χ1n) is 7.97. The third-order valence-electron chi connectivity index (χ3n) is 4.33. The standard InChI is InChI=1S/C18H23NO5/c1-23-14-8-6-7-13(16(14)24-2)9-10-15(20)19-18(17(21)22)11-4-3-5-12-18/h6-10H,3-5,11-12H2,1-2H3,(H,19,20)(H,21,22)/b10-9+. The van der Waals surface area contributed by atoms with E-state index in [9.17, 15) is 14.7 Å². The maximum absolute atomic E-state index is 12.2. The van der Waals surface area contributed by atoms with Gasteiger partial charge in [-0.25, -0.2) is 4.79 Å². The van der Waals surface area contributed by atoms with Gasteiger partial charge in [-0.1, -0.05) is 31.4 Å². The number of carbonyl (C=O) groups excluding carboxylic acids is 1. The van der Waals surface area contributed by atoms with Gasteiger partial charge in [0.25, 0.3) is 0 Å². The summed E-state index contributed by atoms with van der Waals surface area (Å²) in [5.74, 6) is -0.309. The van der Waals surface area contributed by atoms with Gasteiger partial charge >= 0.3 is 5.97 Å². The molecule has 0 aromatic heterocycles. The van der Waals surface area contributed by atoms with Crippen LogP contribution in [0.4, 0.5) is 0 Å². The summed E-state index contributed by atoms with van der Waals surface area (Å²) in [5.41, 5.74) is -0.474. The van der Waals surface area contributed by atoms with Gasteiger partial charge in [-0.05, 0) is 25.0 Å². The molecule has 2 N–H and O–H groups in total. The Kier molecular flexibility index (Phi) is 5.84. The molecule has 0 spiro atoms. The Hall–Kier alpha value is -2.50. The van der Waals surface area contributed by atoms with Crippen molar-refractivity contribution in [3.63, 3.8) is 0 Å². The number of hydrogen-bond donors (Lipinski definition) is 2. The van der Waals surface area contributed by atoms with Crippen molar-refractivity contribution in [2.75, 3.05) is 14.2 Å². The van der Waals surface area contributed by atoms with Gasteiger partial charge in [0.05, 0.1) is 14.2 Å². The maximum atomic E-state index is 12.2. The predicted molar refractivity (Wildman–Crippen MR) is 90.2 cm³/mol. The van der Waals surface area contributed by atoms with Crippen molar-refractivity contribution in [2.45, 2.75) is 37.6 Å². The summed E-state index contributed by atoms with van der Waals surface area (Å²) in [7, 11) is 3.06. The van der Waals surface area contributed by atoms with Crippen LogP contribution in [-0.2, 0) is 9.59 Å². The van der Waals surface area contributed by atoms with Crippen LogP contribution in [0, 0.1) is 0 Å². The van der Waals surface area contributed by atoms with E-state index in [2.05, 4.69) is 5.32 Å². The van der Waals surface area contributed by atoms with E-state index < -0.39 is 17.4 Å². The third kappa shape index (κ3) is 3.88. The van der Waals surface area contributed by atoms with Crippen LogP contribution in [0.15, 0.2) is 24.3 Å². The van der Waals surface area contributed by atoms with Crippen molar-refractivity contribution in [2.24, 2.45) is 0 Å². The fraction of sp³-hybridized carbons (Fsp3) is 0.444. The van der Waals surface area contributed by atoms with Gasteiger partial charge < -0.3 is 19.9 Å². The van der Waals surface area contributed by atoms with Crippen molar-refractivity contribution in [1.82, 2.24) is 5.32 Å². The highest BCUT2D eigenvalue weighted by molar-refractivity contribution is 5.96. The number of hydrogen-bond acceptors (Lipinski definition) is 4. The Bertz CT molecular complexity index is 632. The second kappa shape index (κ2) is 7.86. The predicted octanol–water partition coefficient (Wildman–Crippen LogP) is 2.62. The summed E-state index contributed by atoms with van der Waals surface area (Å²) < 4.78 is 10.5. The Labute approximate surface area is 141 Å². The highest BCUT2D eigenvalue weighted by Crippen LogP contribution is 2.32. The zero-order chi connectivity index (χ0) is 17.6. The molecule has 0 aliphatic heterocycles. The number of ether oxygens (including phenoxy) is 2. The van der Waals surface area contributed by atoms with E-state index in [1.807, 2.05) is 0 Å². The smallest absolute Gasteiger partial charge is 0.329 e. The summed E-state index contributed by atoms with van der Waals surface area (Å²) in [6.07, 6.45) is 6.46. The molecule has 130 valence electrons. The highest BCUT2D eigenvalue weighted by Gasteiger charge is 2.40. The molecule has 0 bridgehead atoms. The quantitative estimate of drug-likeness (QED) is 0.782. The van der Waals surface area contributed by atoms with Gasteiger partial charge in [0.15, 0.2) is 11.5 Å². The van der Waals surface area contributed by atoms with Crippen LogP contribution < -0.4 is 14.8 Å². The van der Waals surface area contributed by atoms with Gasteiger partial charge in [0.2, 0.25) is 5.91 Å². The molecule has 1 aromatic rings. The SMILES string of the molecule is COc1cccc(/C=C/C(=O)NC2(C(=O)O)CCCCC2)c1OC. The fourth-order valence-corrected chi connectivity index (χ4v) is 3.03. The molecule has 0 heterocycles. The first-order valence-corrected chi connectivity index (χ1v) is 7.97. The molecule has 1 aliphatic rings. The van der Waals surface area contributed by atoms with Crippen molar-refractivity contribution in [3.05, 3.63) is 29.8 Å². The largest absolute Gasteiger partial charge is 0.493 e. The zero-order valence-corrected chi connectivity index (χ0v) is 14.0. The minimum atomic E-state index is -1.15. The van der Waals surface area contributed by atoms with E-state index in [4.69, 9.17) is 9.47 Å². The lowest BCUT2D eigenvalue weighted by molar-refractivity contribution is -0.148. The molecule has 1 saturated carbocycles. The minimum Gasteiger partial charge on any atom is -0.493 e. The lowest BCUT2D eigenvalue weighted by atomic mass is 9.81. The van der Waals surface area contributed by atoms with E-state index in [0.717, 1.165) is 19.3 Å². The number of nitrogens with one attached hydrogen (secondary N) is 1.